The molecule has 0 N–H and O–H groups in total. The van der Waals surface area contributed by atoms with Gasteiger partial charge in [0, 0.05) is 44.0 Å². The van der Waals surface area contributed by atoms with Gasteiger partial charge in [0.15, 0.2) is 23.0 Å². The molecule has 0 saturated heterocycles. The average Bonchev–Trinajstić information content (AvgIpc) is 3.26. The van der Waals surface area contributed by atoms with E-state index in [-0.39, 0.29) is 0 Å². The van der Waals surface area contributed by atoms with Gasteiger partial charge in [-0.25, -0.2) is 0 Å². The third-order valence-corrected chi connectivity index (χ3v) is 6.62. The minimum Gasteiger partial charge on any atom is -0.493 e. The molecule has 1 aromatic heterocycles. The van der Waals surface area contributed by atoms with Crippen molar-refractivity contribution in [1.82, 2.24) is 14.8 Å². The van der Waals surface area contributed by atoms with Crippen molar-refractivity contribution in [3.63, 3.8) is 0 Å². The van der Waals surface area contributed by atoms with Gasteiger partial charge in [0.05, 0.1) is 28.4 Å². The van der Waals surface area contributed by atoms with Gasteiger partial charge in [-0.15, -0.1) is 0 Å². The maximum atomic E-state index is 5.50. The second-order valence-corrected chi connectivity index (χ2v) is 8.82. The predicted molar refractivity (Wildman–Crippen MR) is 134 cm³/mol. The summed E-state index contributed by atoms with van der Waals surface area (Å²) >= 11 is 0. The Kier molecular flexibility index (Phi) is 7.75. The van der Waals surface area contributed by atoms with Gasteiger partial charge in [-0.05, 0) is 72.8 Å². The molecule has 0 unspecified atom stereocenters. The fraction of sp³-hybridized carbons (Fsp3) is 0.444. The lowest BCUT2D eigenvalue weighted by atomic mass is 10.0. The number of hydrogen-bond acceptors (Lipinski definition) is 7. The molecule has 0 spiro atoms. The number of benzene rings is 2. The van der Waals surface area contributed by atoms with Gasteiger partial charge in [-0.1, -0.05) is 0 Å². The van der Waals surface area contributed by atoms with Crippen LogP contribution in [-0.4, -0.2) is 69.9 Å². The molecule has 1 aliphatic heterocycles. The Labute approximate surface area is 202 Å². The monoisotopic (exact) mass is 465 g/mol. The normalized spacial score (nSPS) is 13.4. The Morgan fingerprint density at radius 1 is 0.794 bits per heavy atom. The molecule has 2 heterocycles. The van der Waals surface area contributed by atoms with Gasteiger partial charge >= 0.3 is 0 Å². The minimum absolute atomic E-state index is 0.729. The van der Waals surface area contributed by atoms with Crippen LogP contribution in [-0.2, 0) is 19.5 Å². The Bertz CT molecular complexity index is 1100. The number of likely N-dealkylation sites (N-methyl/N-ethyl adjacent to an activating group) is 1. The summed E-state index contributed by atoms with van der Waals surface area (Å²) in [6.07, 6.45) is 5.90. The highest BCUT2D eigenvalue weighted by Crippen LogP contribution is 2.35. The van der Waals surface area contributed by atoms with E-state index in [0.29, 0.717) is 0 Å². The number of nitrogens with zero attached hydrogens (tertiary/aromatic N) is 3. The first-order chi connectivity index (χ1) is 16.6. The van der Waals surface area contributed by atoms with Crippen LogP contribution in [0.1, 0.15) is 23.1 Å². The predicted octanol–water partition coefficient (Wildman–Crippen LogP) is 4.15. The quantitative estimate of drug-likeness (QED) is 0.422. The number of aromatic nitrogens is 1. The van der Waals surface area contributed by atoms with Crippen LogP contribution in [0.5, 0.6) is 23.0 Å². The number of rotatable bonds is 11. The van der Waals surface area contributed by atoms with Gasteiger partial charge in [0.25, 0.3) is 0 Å². The zero-order valence-corrected chi connectivity index (χ0v) is 20.9. The van der Waals surface area contributed by atoms with Crippen molar-refractivity contribution in [1.29, 1.82) is 0 Å². The van der Waals surface area contributed by atoms with E-state index in [1.165, 1.54) is 22.1 Å². The van der Waals surface area contributed by atoms with E-state index in [9.17, 15) is 0 Å². The Balaban J connectivity index is 1.29. The molecule has 0 saturated carbocycles. The number of methoxy groups -OCH3 is 4. The number of ether oxygens (including phenoxy) is 4. The molecule has 0 aliphatic carbocycles. The first-order valence-electron chi connectivity index (χ1n) is 11.7. The molecule has 0 atom stereocenters. The smallest absolute Gasteiger partial charge is 0.161 e. The van der Waals surface area contributed by atoms with Gasteiger partial charge in [-0.3, -0.25) is 9.88 Å². The lowest BCUT2D eigenvalue weighted by Gasteiger charge is -2.20. The zero-order valence-electron chi connectivity index (χ0n) is 20.9. The summed E-state index contributed by atoms with van der Waals surface area (Å²) < 4.78 is 21.8. The van der Waals surface area contributed by atoms with Crippen LogP contribution in [0.2, 0.25) is 0 Å². The fourth-order valence-electron chi connectivity index (χ4n) is 4.70. The molecule has 182 valence electrons. The fourth-order valence-corrected chi connectivity index (χ4v) is 4.70. The van der Waals surface area contributed by atoms with E-state index in [1.54, 1.807) is 28.4 Å². The maximum absolute atomic E-state index is 5.50. The van der Waals surface area contributed by atoms with Crippen LogP contribution in [0.25, 0.3) is 10.8 Å². The molecule has 0 amide bonds. The number of fused-ring (bicyclic) bond motifs is 2. The highest BCUT2D eigenvalue weighted by Gasteiger charge is 2.21. The van der Waals surface area contributed by atoms with E-state index in [2.05, 4.69) is 40.0 Å². The third-order valence-electron chi connectivity index (χ3n) is 6.62. The summed E-state index contributed by atoms with van der Waals surface area (Å²) in [6.45, 7) is 5.02. The highest BCUT2D eigenvalue weighted by atomic mass is 16.5. The summed E-state index contributed by atoms with van der Waals surface area (Å²) in [4.78, 5) is 9.33. The third kappa shape index (κ3) is 5.21. The molecule has 34 heavy (non-hydrogen) atoms. The summed E-state index contributed by atoms with van der Waals surface area (Å²) in [7, 11) is 8.90. The molecular weight excluding hydrogens is 430 g/mol. The second-order valence-electron chi connectivity index (χ2n) is 8.82. The topological polar surface area (TPSA) is 56.3 Å². The Morgan fingerprint density at radius 2 is 1.38 bits per heavy atom. The van der Waals surface area contributed by atoms with E-state index < -0.39 is 0 Å². The van der Waals surface area contributed by atoms with Crippen molar-refractivity contribution in [2.45, 2.75) is 25.9 Å². The molecule has 0 bridgehead atoms. The molecule has 4 rings (SSSR count). The molecule has 7 heteroatoms. The Morgan fingerprint density at radius 3 is 2.00 bits per heavy atom. The Hall–Kier alpha value is -3.03. The van der Waals surface area contributed by atoms with Crippen LogP contribution in [0, 0.1) is 0 Å². The van der Waals surface area contributed by atoms with Crippen molar-refractivity contribution < 1.29 is 18.9 Å². The van der Waals surface area contributed by atoms with Crippen LogP contribution < -0.4 is 18.9 Å². The van der Waals surface area contributed by atoms with Gasteiger partial charge < -0.3 is 23.8 Å². The van der Waals surface area contributed by atoms with Crippen molar-refractivity contribution in [2.24, 2.45) is 0 Å². The molecule has 0 fully saturated rings. The maximum Gasteiger partial charge on any atom is 0.161 e. The first-order valence-corrected chi connectivity index (χ1v) is 11.7. The molecular formula is C27H35N3O4. The summed E-state index contributed by atoms with van der Waals surface area (Å²) in [5.74, 6) is 3.09. The summed E-state index contributed by atoms with van der Waals surface area (Å²) in [6, 6.07) is 8.28. The van der Waals surface area contributed by atoms with E-state index >= 15 is 0 Å². The first kappa shape index (κ1) is 24.1. The average molecular weight is 466 g/mol. The molecule has 2 aromatic carbocycles. The highest BCUT2D eigenvalue weighted by molar-refractivity contribution is 5.88. The van der Waals surface area contributed by atoms with Gasteiger partial charge in [-0.2, -0.15) is 0 Å². The van der Waals surface area contributed by atoms with Crippen LogP contribution in [0.3, 0.4) is 0 Å². The lowest BCUT2D eigenvalue weighted by molar-refractivity contribution is 0.251. The van der Waals surface area contributed by atoms with Crippen molar-refractivity contribution >= 4 is 10.8 Å². The van der Waals surface area contributed by atoms with Crippen molar-refractivity contribution in [2.75, 3.05) is 55.1 Å². The summed E-state index contributed by atoms with van der Waals surface area (Å²) in [5, 5.41) is 2.24. The lowest BCUT2D eigenvalue weighted by Crippen LogP contribution is -2.26. The molecule has 0 radical (unpaired) electrons. The standard InChI is InChI=1S/C27H35N3O4/c1-29(8-6-9-30-17-21-12-25(32-3)26(33-4)13-22(21)18-30)10-7-19-15-28-16-20-11-24(31-2)27(34-5)14-23(19)20/h11-16H,6-10,17-18H2,1-5H3. The molecule has 1 aliphatic rings. The van der Waals surface area contributed by atoms with E-state index in [0.717, 1.165) is 73.9 Å². The largest absolute Gasteiger partial charge is 0.493 e. The molecule has 7 nitrogen and oxygen atoms in total. The van der Waals surface area contributed by atoms with Crippen LogP contribution in [0.15, 0.2) is 36.7 Å². The number of hydrogen-bond donors (Lipinski definition) is 0. The van der Waals surface area contributed by atoms with E-state index in [4.69, 9.17) is 18.9 Å². The zero-order chi connectivity index (χ0) is 24.1. The van der Waals surface area contributed by atoms with E-state index in [1.807, 2.05) is 18.5 Å². The second kappa shape index (κ2) is 10.9. The SMILES string of the molecule is COc1cc2c(cc1OC)CN(CCCN(C)CCc1cncc3cc(OC)c(OC)cc13)C2. The number of pyridine rings is 1. The molecule has 3 aromatic rings. The van der Waals surface area contributed by atoms with Crippen molar-refractivity contribution in [3.05, 3.63) is 53.3 Å². The van der Waals surface area contributed by atoms with Gasteiger partial charge in [0.1, 0.15) is 0 Å². The van der Waals surface area contributed by atoms with Crippen LogP contribution >= 0.6 is 0 Å². The van der Waals surface area contributed by atoms with Crippen molar-refractivity contribution in [3.8, 4) is 23.0 Å². The summed E-state index contributed by atoms with van der Waals surface area (Å²) in [5.41, 5.74) is 3.89. The minimum atomic E-state index is 0.729. The van der Waals surface area contributed by atoms with Crippen LogP contribution in [0.4, 0.5) is 0 Å². The van der Waals surface area contributed by atoms with Gasteiger partial charge in [0.2, 0.25) is 0 Å².